The largest absolute Gasteiger partial charge is 0.489 e. The average molecular weight is 403 g/mol. The lowest BCUT2D eigenvalue weighted by Crippen LogP contribution is -2.17. The number of fused-ring (bicyclic) bond motifs is 1. The Morgan fingerprint density at radius 2 is 1.90 bits per heavy atom. The Bertz CT molecular complexity index is 1270. The first kappa shape index (κ1) is 18.6. The van der Waals surface area contributed by atoms with Gasteiger partial charge in [-0.1, -0.05) is 18.6 Å². The molecule has 1 aliphatic rings. The Morgan fingerprint density at radius 3 is 2.60 bits per heavy atom. The van der Waals surface area contributed by atoms with Crippen LogP contribution in [0.25, 0.3) is 16.7 Å². The van der Waals surface area contributed by atoms with Crippen molar-refractivity contribution in [2.24, 2.45) is 7.05 Å². The summed E-state index contributed by atoms with van der Waals surface area (Å²) in [7, 11) is 2.04. The molecule has 5 nitrogen and oxygen atoms in total. The standard InChI is InChI=1S/C24H22FN3O2/c1-27-22-13-19(9-10-21(22)26-24(27)17-3-2-4-17)28-12-11-20(14-23(28)29)30-15-16-5-7-18(25)8-6-16/h5-14,17H,2-4,15H2,1H3. The van der Waals surface area contributed by atoms with Gasteiger partial charge in [-0.2, -0.15) is 0 Å². The number of aromatic nitrogens is 3. The first-order chi connectivity index (χ1) is 14.6. The normalized spacial score (nSPS) is 14.1. The van der Waals surface area contributed by atoms with E-state index in [2.05, 4.69) is 4.57 Å². The van der Waals surface area contributed by atoms with Crippen molar-refractivity contribution in [2.75, 3.05) is 0 Å². The van der Waals surface area contributed by atoms with Crippen LogP contribution < -0.4 is 10.3 Å². The Kier molecular flexibility index (Phi) is 4.62. The molecule has 1 aliphatic carbocycles. The lowest BCUT2D eigenvalue weighted by molar-refractivity contribution is 0.305. The highest BCUT2D eigenvalue weighted by atomic mass is 19.1. The van der Waals surface area contributed by atoms with Crippen LogP contribution in [0.3, 0.4) is 0 Å². The van der Waals surface area contributed by atoms with Crippen molar-refractivity contribution < 1.29 is 9.13 Å². The Balaban J connectivity index is 1.39. The Morgan fingerprint density at radius 1 is 1.10 bits per heavy atom. The zero-order valence-electron chi connectivity index (χ0n) is 16.7. The van der Waals surface area contributed by atoms with Gasteiger partial charge in [-0.15, -0.1) is 0 Å². The van der Waals surface area contributed by atoms with Crippen molar-refractivity contribution in [1.82, 2.24) is 14.1 Å². The lowest BCUT2D eigenvalue weighted by Gasteiger charge is -2.24. The number of aryl methyl sites for hydroxylation is 1. The predicted octanol–water partition coefficient (Wildman–Crippen LogP) is 4.71. The summed E-state index contributed by atoms with van der Waals surface area (Å²) >= 11 is 0. The molecule has 152 valence electrons. The molecule has 1 fully saturated rings. The summed E-state index contributed by atoms with van der Waals surface area (Å²) in [6, 6.07) is 15.2. The summed E-state index contributed by atoms with van der Waals surface area (Å²) in [5.74, 6) is 1.87. The van der Waals surface area contributed by atoms with Gasteiger partial charge in [0.1, 0.15) is 24.0 Å². The van der Waals surface area contributed by atoms with Crippen LogP contribution in [0.15, 0.2) is 65.6 Å². The number of rotatable bonds is 5. The first-order valence-corrected chi connectivity index (χ1v) is 10.2. The molecule has 2 heterocycles. The summed E-state index contributed by atoms with van der Waals surface area (Å²) < 4.78 is 22.4. The molecule has 0 radical (unpaired) electrons. The minimum absolute atomic E-state index is 0.174. The van der Waals surface area contributed by atoms with Gasteiger partial charge in [0.05, 0.1) is 16.7 Å². The second-order valence-corrected chi connectivity index (χ2v) is 7.82. The quantitative estimate of drug-likeness (QED) is 0.485. The molecule has 2 aromatic carbocycles. The molecule has 30 heavy (non-hydrogen) atoms. The van der Waals surface area contributed by atoms with Gasteiger partial charge in [0.2, 0.25) is 0 Å². The number of hydrogen-bond donors (Lipinski definition) is 0. The third kappa shape index (κ3) is 3.38. The second-order valence-electron chi connectivity index (χ2n) is 7.82. The minimum Gasteiger partial charge on any atom is -0.489 e. The van der Waals surface area contributed by atoms with Crippen LogP contribution in [-0.2, 0) is 13.7 Å². The molecule has 0 bridgehead atoms. The monoisotopic (exact) mass is 403 g/mol. The van der Waals surface area contributed by atoms with Gasteiger partial charge in [0.15, 0.2) is 0 Å². The van der Waals surface area contributed by atoms with Crippen LogP contribution in [0.4, 0.5) is 4.39 Å². The van der Waals surface area contributed by atoms with Crippen molar-refractivity contribution in [3.63, 3.8) is 0 Å². The summed E-state index contributed by atoms with van der Waals surface area (Å²) in [6.45, 7) is 0.272. The van der Waals surface area contributed by atoms with Gasteiger partial charge in [0, 0.05) is 25.2 Å². The fourth-order valence-corrected chi connectivity index (χ4v) is 3.89. The van der Waals surface area contributed by atoms with E-state index >= 15 is 0 Å². The Labute approximate surface area is 173 Å². The van der Waals surface area contributed by atoms with Crippen molar-refractivity contribution >= 4 is 11.0 Å². The molecule has 0 aliphatic heterocycles. The zero-order valence-corrected chi connectivity index (χ0v) is 16.7. The molecule has 2 aromatic heterocycles. The fourth-order valence-electron chi connectivity index (χ4n) is 3.89. The van der Waals surface area contributed by atoms with E-state index in [-0.39, 0.29) is 18.0 Å². The maximum Gasteiger partial charge on any atom is 0.258 e. The van der Waals surface area contributed by atoms with Gasteiger partial charge in [0.25, 0.3) is 5.56 Å². The topological polar surface area (TPSA) is 49.0 Å². The smallest absolute Gasteiger partial charge is 0.258 e. The Hall–Kier alpha value is -3.41. The van der Waals surface area contributed by atoms with E-state index in [0.29, 0.717) is 11.7 Å². The fraction of sp³-hybridized carbons (Fsp3) is 0.250. The third-order valence-electron chi connectivity index (χ3n) is 5.86. The highest BCUT2D eigenvalue weighted by Crippen LogP contribution is 2.37. The van der Waals surface area contributed by atoms with Crippen LogP contribution in [-0.4, -0.2) is 14.1 Å². The lowest BCUT2D eigenvalue weighted by atomic mass is 9.85. The van der Waals surface area contributed by atoms with Crippen molar-refractivity contribution in [1.29, 1.82) is 0 Å². The molecule has 5 rings (SSSR count). The van der Waals surface area contributed by atoms with Crippen molar-refractivity contribution in [3.05, 3.63) is 88.4 Å². The average Bonchev–Trinajstić information content (AvgIpc) is 3.02. The summed E-state index contributed by atoms with van der Waals surface area (Å²) in [5.41, 5.74) is 3.44. The predicted molar refractivity (Wildman–Crippen MR) is 114 cm³/mol. The number of pyridine rings is 1. The molecule has 6 heteroatoms. The summed E-state index contributed by atoms with van der Waals surface area (Å²) in [5, 5.41) is 0. The van der Waals surface area contributed by atoms with Gasteiger partial charge in [-0.05, 0) is 54.8 Å². The second kappa shape index (κ2) is 7.44. The highest BCUT2D eigenvalue weighted by molar-refractivity contribution is 5.78. The maximum absolute atomic E-state index is 13.0. The number of imidazole rings is 1. The van der Waals surface area contributed by atoms with Gasteiger partial charge >= 0.3 is 0 Å². The number of benzene rings is 2. The van der Waals surface area contributed by atoms with Gasteiger partial charge in [-0.3, -0.25) is 9.36 Å². The summed E-state index contributed by atoms with van der Waals surface area (Å²) in [4.78, 5) is 17.5. The van der Waals surface area contributed by atoms with Crippen LogP contribution in [0.5, 0.6) is 5.75 Å². The van der Waals surface area contributed by atoms with E-state index in [1.54, 1.807) is 29.0 Å². The molecule has 0 N–H and O–H groups in total. The molecule has 0 amide bonds. The molecular formula is C24H22FN3O2. The van der Waals surface area contributed by atoms with E-state index in [0.717, 1.165) is 28.1 Å². The van der Waals surface area contributed by atoms with E-state index in [4.69, 9.17) is 9.72 Å². The molecule has 0 spiro atoms. The molecule has 0 atom stereocenters. The van der Waals surface area contributed by atoms with Crippen LogP contribution in [0, 0.1) is 5.82 Å². The van der Waals surface area contributed by atoms with Gasteiger partial charge in [-0.25, -0.2) is 9.37 Å². The maximum atomic E-state index is 13.0. The van der Waals surface area contributed by atoms with E-state index in [9.17, 15) is 9.18 Å². The highest BCUT2D eigenvalue weighted by Gasteiger charge is 2.24. The third-order valence-corrected chi connectivity index (χ3v) is 5.86. The van der Waals surface area contributed by atoms with Crippen molar-refractivity contribution in [2.45, 2.75) is 31.8 Å². The van der Waals surface area contributed by atoms with Crippen LogP contribution in [0.1, 0.15) is 36.6 Å². The number of ether oxygens (including phenoxy) is 1. The molecule has 1 saturated carbocycles. The van der Waals surface area contributed by atoms with Crippen molar-refractivity contribution in [3.8, 4) is 11.4 Å². The molecular weight excluding hydrogens is 381 g/mol. The minimum atomic E-state index is -0.286. The number of nitrogens with zero attached hydrogens (tertiary/aromatic N) is 3. The molecule has 0 unspecified atom stereocenters. The first-order valence-electron chi connectivity index (χ1n) is 10.2. The molecule has 0 saturated heterocycles. The van der Waals surface area contributed by atoms with E-state index in [1.807, 2.05) is 25.2 Å². The zero-order chi connectivity index (χ0) is 20.7. The SMILES string of the molecule is Cn1c(C2CCC2)nc2ccc(-n3ccc(OCc4ccc(F)cc4)cc3=O)cc21. The van der Waals surface area contributed by atoms with E-state index in [1.165, 1.54) is 37.5 Å². The van der Waals surface area contributed by atoms with Crippen LogP contribution in [0.2, 0.25) is 0 Å². The molecule has 4 aromatic rings. The van der Waals surface area contributed by atoms with Gasteiger partial charge < -0.3 is 9.30 Å². The van der Waals surface area contributed by atoms with E-state index < -0.39 is 0 Å². The number of halogens is 1. The van der Waals surface area contributed by atoms with Crippen LogP contribution >= 0.6 is 0 Å². The number of hydrogen-bond acceptors (Lipinski definition) is 3. The summed E-state index contributed by atoms with van der Waals surface area (Å²) in [6.07, 6.45) is 5.38.